The first kappa shape index (κ1) is 14.0. The van der Waals surface area contributed by atoms with Gasteiger partial charge in [0.2, 0.25) is 0 Å². The molecule has 1 aliphatic rings. The Kier molecular flexibility index (Phi) is 4.50. The summed E-state index contributed by atoms with van der Waals surface area (Å²) < 4.78 is 18.7. The zero-order valence-corrected chi connectivity index (χ0v) is 10.9. The van der Waals surface area contributed by atoms with Gasteiger partial charge in [-0.1, -0.05) is 0 Å². The molecule has 0 aliphatic carbocycles. The highest BCUT2D eigenvalue weighted by Crippen LogP contribution is 2.17. The van der Waals surface area contributed by atoms with Crippen LogP contribution in [0.25, 0.3) is 0 Å². The van der Waals surface area contributed by atoms with Crippen molar-refractivity contribution >= 4 is 5.97 Å². The van der Waals surface area contributed by atoms with E-state index >= 15 is 0 Å². The summed E-state index contributed by atoms with van der Waals surface area (Å²) in [5, 5.41) is 8.92. The molecule has 2 rings (SSSR count). The van der Waals surface area contributed by atoms with Crippen LogP contribution in [0.5, 0.6) is 0 Å². The van der Waals surface area contributed by atoms with E-state index in [4.69, 9.17) is 9.84 Å². The van der Waals surface area contributed by atoms with Gasteiger partial charge in [0.25, 0.3) is 0 Å². The van der Waals surface area contributed by atoms with E-state index in [2.05, 4.69) is 4.90 Å². The maximum Gasteiger partial charge on any atom is 0.335 e. The van der Waals surface area contributed by atoms with E-state index in [1.54, 1.807) is 0 Å². The fourth-order valence-corrected chi connectivity index (χ4v) is 2.41. The van der Waals surface area contributed by atoms with Crippen LogP contribution >= 0.6 is 0 Å². The third kappa shape index (κ3) is 3.75. The number of hydrogen-bond donors (Lipinski definition) is 1. The lowest BCUT2D eigenvalue weighted by Gasteiger charge is -2.31. The smallest absolute Gasteiger partial charge is 0.335 e. The van der Waals surface area contributed by atoms with Crippen LogP contribution in [0.3, 0.4) is 0 Å². The Bertz CT molecular complexity index is 458. The Morgan fingerprint density at radius 3 is 2.74 bits per heavy atom. The van der Waals surface area contributed by atoms with Crippen LogP contribution in [0, 0.1) is 5.82 Å². The van der Waals surface area contributed by atoms with Gasteiger partial charge in [0.05, 0.1) is 5.56 Å². The van der Waals surface area contributed by atoms with Crippen molar-refractivity contribution in [2.75, 3.05) is 20.3 Å². The summed E-state index contributed by atoms with van der Waals surface area (Å²) in [6.45, 7) is 2.04. The molecule has 104 valence electrons. The number of rotatable bonds is 4. The summed E-state index contributed by atoms with van der Waals surface area (Å²) in [5.41, 5.74) is 0.682. The van der Waals surface area contributed by atoms with E-state index in [1.807, 2.05) is 7.05 Å². The summed E-state index contributed by atoms with van der Waals surface area (Å²) in [6, 6.07) is 4.37. The van der Waals surface area contributed by atoms with Crippen molar-refractivity contribution in [3.63, 3.8) is 0 Å². The Labute approximate surface area is 111 Å². The number of hydrogen-bond acceptors (Lipinski definition) is 3. The number of ether oxygens (including phenoxy) is 1. The molecule has 1 aliphatic heterocycles. The summed E-state index contributed by atoms with van der Waals surface area (Å²) in [5.74, 6) is -1.61. The van der Waals surface area contributed by atoms with Crippen molar-refractivity contribution in [3.8, 4) is 0 Å². The van der Waals surface area contributed by atoms with Crippen LogP contribution in [0.4, 0.5) is 4.39 Å². The van der Waals surface area contributed by atoms with E-state index in [9.17, 15) is 9.18 Å². The SMILES string of the molecule is CN(Cc1cc(F)cc(C(=O)O)c1)C1CCOCC1. The molecule has 0 radical (unpaired) electrons. The van der Waals surface area contributed by atoms with Crippen LogP contribution < -0.4 is 0 Å². The predicted octanol–water partition coefficient (Wildman–Crippen LogP) is 2.13. The monoisotopic (exact) mass is 267 g/mol. The van der Waals surface area contributed by atoms with Crippen molar-refractivity contribution < 1.29 is 19.0 Å². The topological polar surface area (TPSA) is 49.8 Å². The number of nitrogens with zero attached hydrogens (tertiary/aromatic N) is 1. The highest BCUT2D eigenvalue weighted by Gasteiger charge is 2.19. The van der Waals surface area contributed by atoms with Gasteiger partial charge in [0, 0.05) is 25.8 Å². The molecule has 1 N–H and O–H groups in total. The second-order valence-corrected chi connectivity index (χ2v) is 4.91. The summed E-state index contributed by atoms with van der Waals surface area (Å²) in [6.07, 6.45) is 1.91. The summed E-state index contributed by atoms with van der Waals surface area (Å²) >= 11 is 0. The van der Waals surface area contributed by atoms with Crippen LogP contribution in [-0.2, 0) is 11.3 Å². The number of halogens is 1. The Morgan fingerprint density at radius 2 is 2.11 bits per heavy atom. The van der Waals surface area contributed by atoms with Gasteiger partial charge in [0.1, 0.15) is 5.82 Å². The minimum Gasteiger partial charge on any atom is -0.478 e. The molecule has 19 heavy (non-hydrogen) atoms. The molecule has 0 atom stereocenters. The molecular weight excluding hydrogens is 249 g/mol. The van der Waals surface area contributed by atoms with Crippen LogP contribution in [0.1, 0.15) is 28.8 Å². The molecule has 1 aromatic rings. The first-order chi connectivity index (χ1) is 9.06. The maximum atomic E-state index is 13.4. The predicted molar refractivity (Wildman–Crippen MR) is 68.7 cm³/mol. The largest absolute Gasteiger partial charge is 0.478 e. The van der Waals surface area contributed by atoms with Crippen molar-refractivity contribution in [2.45, 2.75) is 25.4 Å². The molecule has 0 unspecified atom stereocenters. The first-order valence-corrected chi connectivity index (χ1v) is 6.37. The standard InChI is InChI=1S/C14H18FNO3/c1-16(13-2-4-19-5-3-13)9-10-6-11(14(17)18)8-12(15)7-10/h6-8,13H,2-5,9H2,1H3,(H,17,18). The van der Waals surface area contributed by atoms with E-state index in [-0.39, 0.29) is 5.56 Å². The molecule has 0 saturated carbocycles. The van der Waals surface area contributed by atoms with Gasteiger partial charge in [-0.2, -0.15) is 0 Å². The van der Waals surface area contributed by atoms with Crippen LogP contribution in [0.15, 0.2) is 18.2 Å². The Hall–Kier alpha value is -1.46. The van der Waals surface area contributed by atoms with Crippen molar-refractivity contribution in [1.82, 2.24) is 4.90 Å². The lowest BCUT2D eigenvalue weighted by atomic mass is 10.1. The third-order valence-corrected chi connectivity index (χ3v) is 3.45. The quantitative estimate of drug-likeness (QED) is 0.908. The minimum atomic E-state index is -1.10. The second kappa shape index (κ2) is 6.12. The van der Waals surface area contributed by atoms with Gasteiger partial charge in [0.15, 0.2) is 0 Å². The Morgan fingerprint density at radius 1 is 1.42 bits per heavy atom. The molecule has 4 nitrogen and oxygen atoms in total. The molecule has 5 heteroatoms. The number of benzene rings is 1. The van der Waals surface area contributed by atoms with Gasteiger partial charge in [-0.05, 0) is 43.7 Å². The fourth-order valence-electron chi connectivity index (χ4n) is 2.41. The maximum absolute atomic E-state index is 13.4. The van der Waals surface area contributed by atoms with Crippen molar-refractivity contribution in [1.29, 1.82) is 0 Å². The van der Waals surface area contributed by atoms with Crippen molar-refractivity contribution in [2.24, 2.45) is 0 Å². The van der Waals surface area contributed by atoms with Crippen LogP contribution in [-0.4, -0.2) is 42.3 Å². The average Bonchev–Trinajstić information content (AvgIpc) is 2.39. The van der Waals surface area contributed by atoms with Gasteiger partial charge in [-0.3, -0.25) is 4.90 Å². The number of carboxylic acid groups (broad SMARTS) is 1. The van der Waals surface area contributed by atoms with E-state index in [0.29, 0.717) is 18.2 Å². The highest BCUT2D eigenvalue weighted by molar-refractivity contribution is 5.87. The van der Waals surface area contributed by atoms with Crippen LogP contribution in [0.2, 0.25) is 0 Å². The van der Waals surface area contributed by atoms with E-state index in [0.717, 1.165) is 32.1 Å². The zero-order valence-electron chi connectivity index (χ0n) is 10.9. The van der Waals surface area contributed by atoms with Gasteiger partial charge < -0.3 is 9.84 Å². The molecule has 0 amide bonds. The number of carboxylic acids is 1. The molecule has 1 saturated heterocycles. The molecule has 1 heterocycles. The van der Waals surface area contributed by atoms with Gasteiger partial charge >= 0.3 is 5.97 Å². The highest BCUT2D eigenvalue weighted by atomic mass is 19.1. The summed E-state index contributed by atoms with van der Waals surface area (Å²) in [4.78, 5) is 13.0. The average molecular weight is 267 g/mol. The van der Waals surface area contributed by atoms with Gasteiger partial charge in [-0.15, -0.1) is 0 Å². The molecule has 1 aromatic carbocycles. The lowest BCUT2D eigenvalue weighted by molar-refractivity contribution is 0.0406. The number of aromatic carboxylic acids is 1. The molecular formula is C14H18FNO3. The minimum absolute atomic E-state index is 0.00428. The first-order valence-electron chi connectivity index (χ1n) is 6.37. The lowest BCUT2D eigenvalue weighted by Crippen LogP contribution is -2.36. The van der Waals surface area contributed by atoms with Crippen molar-refractivity contribution in [3.05, 3.63) is 35.1 Å². The van der Waals surface area contributed by atoms with E-state index < -0.39 is 11.8 Å². The van der Waals surface area contributed by atoms with Gasteiger partial charge in [-0.25, -0.2) is 9.18 Å². The zero-order chi connectivity index (χ0) is 13.8. The summed E-state index contributed by atoms with van der Waals surface area (Å²) in [7, 11) is 1.97. The Balaban J connectivity index is 2.07. The number of carbonyl (C=O) groups is 1. The molecule has 0 bridgehead atoms. The molecule has 0 spiro atoms. The molecule has 1 fully saturated rings. The third-order valence-electron chi connectivity index (χ3n) is 3.45. The fraction of sp³-hybridized carbons (Fsp3) is 0.500. The van der Waals surface area contributed by atoms with E-state index in [1.165, 1.54) is 12.1 Å². The second-order valence-electron chi connectivity index (χ2n) is 4.91. The normalized spacial score (nSPS) is 16.8. The molecule has 0 aromatic heterocycles.